The number of benzene rings is 1. The second-order valence-corrected chi connectivity index (χ2v) is 9.29. The highest BCUT2D eigenvalue weighted by Crippen LogP contribution is 2.46. The fraction of sp³-hybridized carbons (Fsp3) is 0.333. The van der Waals surface area contributed by atoms with Gasteiger partial charge in [-0.1, -0.05) is 11.8 Å². The molecule has 10 nitrogen and oxygen atoms in total. The van der Waals surface area contributed by atoms with E-state index in [9.17, 15) is 24.8 Å². The van der Waals surface area contributed by atoms with E-state index >= 15 is 4.39 Å². The third-order valence-corrected chi connectivity index (χ3v) is 7.18. The normalized spacial score (nSPS) is 18.2. The maximum absolute atomic E-state index is 15.1. The average Bonchev–Trinajstić information content (AvgIpc) is 3.23. The number of nitro groups is 1. The predicted molar refractivity (Wildman–Crippen MR) is 119 cm³/mol. The van der Waals surface area contributed by atoms with Crippen LogP contribution in [0.1, 0.15) is 28.4 Å². The Morgan fingerprint density at radius 2 is 2.03 bits per heavy atom. The zero-order chi connectivity index (χ0) is 23.4. The largest absolute Gasteiger partial charge is 0.477 e. The molecular weight excluding hydrogens is 455 g/mol. The van der Waals surface area contributed by atoms with Gasteiger partial charge in [0.2, 0.25) is 5.43 Å². The van der Waals surface area contributed by atoms with Crippen molar-refractivity contribution in [3.63, 3.8) is 0 Å². The number of thioether (sulfide) groups is 1. The molecule has 2 aromatic heterocycles. The molecule has 2 aliphatic heterocycles. The van der Waals surface area contributed by atoms with Crippen molar-refractivity contribution in [1.82, 2.24) is 9.47 Å². The van der Waals surface area contributed by atoms with Crippen molar-refractivity contribution in [2.45, 2.75) is 23.9 Å². The van der Waals surface area contributed by atoms with Crippen LogP contribution in [0.2, 0.25) is 0 Å². The summed E-state index contributed by atoms with van der Waals surface area (Å²) in [7, 11) is 0. The Morgan fingerprint density at radius 3 is 2.64 bits per heavy atom. The van der Waals surface area contributed by atoms with Crippen molar-refractivity contribution in [2.75, 3.05) is 31.1 Å². The number of fused-ring (bicyclic) bond motifs is 3. The lowest BCUT2D eigenvalue weighted by Gasteiger charge is -2.37. The highest BCUT2D eigenvalue weighted by molar-refractivity contribution is 8.00. The molecular formula is C21H19FN4O6S. The first-order chi connectivity index (χ1) is 15.7. The number of aromatic nitrogens is 1. The highest BCUT2D eigenvalue weighted by Gasteiger charge is 2.33. The van der Waals surface area contributed by atoms with Gasteiger partial charge in [0.25, 0.3) is 0 Å². The minimum atomic E-state index is -1.31. The molecule has 0 saturated carbocycles. The van der Waals surface area contributed by atoms with Crippen molar-refractivity contribution in [3.8, 4) is 0 Å². The van der Waals surface area contributed by atoms with E-state index < -0.39 is 22.1 Å². The van der Waals surface area contributed by atoms with Gasteiger partial charge in [-0.15, -0.1) is 0 Å². The number of carbonyl (C=O) groups is 1. The number of hydrogen-bond acceptors (Lipinski definition) is 8. The quantitative estimate of drug-likeness (QED) is 0.438. The molecule has 1 atom stereocenters. The van der Waals surface area contributed by atoms with Crippen LogP contribution in [0, 0.1) is 15.9 Å². The molecule has 0 amide bonds. The molecule has 5 rings (SSSR count). The summed E-state index contributed by atoms with van der Waals surface area (Å²) in [4.78, 5) is 38.5. The molecule has 2 aliphatic rings. The molecule has 1 unspecified atom stereocenters. The van der Waals surface area contributed by atoms with Gasteiger partial charge in [-0.2, -0.15) is 0 Å². The SMILES string of the molecule is CC1Sc2c(C(=O)O)c(=O)c3cc(F)c(N4CCN(Cc5ccc([N+](=O)[O-])o5)CC4)cc3n21. The van der Waals surface area contributed by atoms with Crippen LogP contribution in [0.15, 0.2) is 38.5 Å². The van der Waals surface area contributed by atoms with E-state index in [1.807, 2.05) is 11.8 Å². The lowest BCUT2D eigenvalue weighted by atomic mass is 10.1. The Kier molecular flexibility index (Phi) is 5.13. The van der Waals surface area contributed by atoms with Gasteiger partial charge < -0.3 is 19.0 Å². The summed E-state index contributed by atoms with van der Waals surface area (Å²) in [5.41, 5.74) is -0.111. The van der Waals surface area contributed by atoms with Gasteiger partial charge in [0.05, 0.1) is 34.2 Å². The molecule has 0 bridgehead atoms. The van der Waals surface area contributed by atoms with Crippen LogP contribution in [0.3, 0.4) is 0 Å². The van der Waals surface area contributed by atoms with Crippen LogP contribution in [-0.4, -0.2) is 51.6 Å². The van der Waals surface area contributed by atoms with Gasteiger partial charge in [-0.25, -0.2) is 9.18 Å². The van der Waals surface area contributed by atoms with E-state index in [1.165, 1.54) is 17.8 Å². The third-order valence-electron chi connectivity index (χ3n) is 6.01. The first kappa shape index (κ1) is 21.5. The van der Waals surface area contributed by atoms with Crippen LogP contribution in [0.4, 0.5) is 16.0 Å². The number of carboxylic acids is 1. The summed E-state index contributed by atoms with van der Waals surface area (Å²) in [5.74, 6) is -1.70. The number of rotatable bonds is 5. The molecule has 1 fully saturated rings. The lowest BCUT2D eigenvalue weighted by Crippen LogP contribution is -2.46. The monoisotopic (exact) mass is 474 g/mol. The van der Waals surface area contributed by atoms with Crippen molar-refractivity contribution in [1.29, 1.82) is 0 Å². The fourth-order valence-electron chi connectivity index (χ4n) is 4.38. The van der Waals surface area contributed by atoms with E-state index in [-0.39, 0.29) is 22.2 Å². The molecule has 0 aliphatic carbocycles. The number of piperazine rings is 1. The van der Waals surface area contributed by atoms with E-state index in [0.29, 0.717) is 54.7 Å². The van der Waals surface area contributed by atoms with Crippen molar-refractivity contribution < 1.29 is 23.6 Å². The molecule has 33 heavy (non-hydrogen) atoms. The molecule has 0 radical (unpaired) electrons. The van der Waals surface area contributed by atoms with E-state index in [4.69, 9.17) is 4.42 Å². The second-order valence-electron chi connectivity index (χ2n) is 7.98. The van der Waals surface area contributed by atoms with E-state index in [0.717, 1.165) is 6.07 Å². The van der Waals surface area contributed by atoms with Gasteiger partial charge in [0, 0.05) is 31.6 Å². The van der Waals surface area contributed by atoms with Crippen molar-refractivity contribution >= 4 is 40.2 Å². The van der Waals surface area contributed by atoms with E-state index in [2.05, 4.69) is 4.90 Å². The number of aromatic carboxylic acids is 1. The number of halogens is 1. The summed E-state index contributed by atoms with van der Waals surface area (Å²) < 4.78 is 22.0. The summed E-state index contributed by atoms with van der Waals surface area (Å²) in [5, 5.41) is 20.6. The van der Waals surface area contributed by atoms with Crippen LogP contribution < -0.4 is 10.3 Å². The molecule has 1 saturated heterocycles. The Morgan fingerprint density at radius 1 is 1.30 bits per heavy atom. The maximum Gasteiger partial charge on any atom is 0.433 e. The molecule has 3 aromatic rings. The zero-order valence-corrected chi connectivity index (χ0v) is 18.3. The Bertz CT molecular complexity index is 1360. The standard InChI is InChI=1S/C21H19FN4O6S/c1-11-25-15-9-16(14(22)8-13(15)19(27)18(21(28)29)20(25)33-11)24-6-4-23(5-7-24)10-12-2-3-17(32-12)26(30)31/h2-3,8-9,11H,4-7,10H2,1H3,(H,28,29). The van der Waals surface area contributed by atoms with Crippen LogP contribution >= 0.6 is 11.8 Å². The highest BCUT2D eigenvalue weighted by atomic mass is 32.2. The average molecular weight is 474 g/mol. The summed E-state index contributed by atoms with van der Waals surface area (Å²) in [6.45, 7) is 4.52. The van der Waals surface area contributed by atoms with Gasteiger partial charge in [-0.3, -0.25) is 19.8 Å². The van der Waals surface area contributed by atoms with E-state index in [1.54, 1.807) is 16.7 Å². The molecule has 172 valence electrons. The number of pyridine rings is 1. The molecule has 0 spiro atoms. The van der Waals surface area contributed by atoms with Crippen LogP contribution in [-0.2, 0) is 6.54 Å². The van der Waals surface area contributed by atoms with Crippen molar-refractivity contribution in [2.24, 2.45) is 0 Å². The number of hydrogen-bond donors (Lipinski definition) is 1. The van der Waals surface area contributed by atoms with Gasteiger partial charge in [0.1, 0.15) is 22.1 Å². The molecule has 12 heteroatoms. The Balaban J connectivity index is 1.40. The summed E-state index contributed by atoms with van der Waals surface area (Å²) in [6, 6.07) is 5.66. The first-order valence-electron chi connectivity index (χ1n) is 10.3. The number of carboxylic acid groups (broad SMARTS) is 1. The second kappa shape index (κ2) is 7.89. The van der Waals surface area contributed by atoms with Gasteiger partial charge in [0.15, 0.2) is 0 Å². The number of anilines is 1. The summed E-state index contributed by atoms with van der Waals surface area (Å²) in [6.07, 6.45) is 0. The fourth-order valence-corrected chi connectivity index (χ4v) is 5.54. The smallest absolute Gasteiger partial charge is 0.433 e. The minimum absolute atomic E-state index is 0.0580. The number of furan rings is 1. The van der Waals surface area contributed by atoms with Crippen LogP contribution in [0.25, 0.3) is 10.9 Å². The van der Waals surface area contributed by atoms with Gasteiger partial charge in [-0.05, 0) is 25.1 Å². The predicted octanol–water partition coefficient (Wildman–Crippen LogP) is 3.29. The minimum Gasteiger partial charge on any atom is -0.477 e. The maximum atomic E-state index is 15.1. The van der Waals surface area contributed by atoms with Crippen LogP contribution in [0.5, 0.6) is 0 Å². The van der Waals surface area contributed by atoms with Crippen molar-refractivity contribution in [3.05, 3.63) is 61.7 Å². The molecule has 1 N–H and O–H groups in total. The molecule has 4 heterocycles. The molecule has 1 aromatic carbocycles. The Hall–Kier alpha value is -3.38. The topological polar surface area (TPSA) is 122 Å². The Labute approximate surface area is 190 Å². The third kappa shape index (κ3) is 3.55. The first-order valence-corrected chi connectivity index (χ1v) is 11.1. The lowest BCUT2D eigenvalue weighted by molar-refractivity contribution is -0.402. The summed E-state index contributed by atoms with van der Waals surface area (Å²) >= 11 is 1.31. The number of nitrogens with zero attached hydrogens (tertiary/aromatic N) is 4. The zero-order valence-electron chi connectivity index (χ0n) is 17.5. The van der Waals surface area contributed by atoms with Gasteiger partial charge >= 0.3 is 11.9 Å².